The van der Waals surface area contributed by atoms with E-state index in [1.165, 1.54) is 33.4 Å². The molecule has 35 heavy (non-hydrogen) atoms. The predicted octanol–water partition coefficient (Wildman–Crippen LogP) is 9.27. The number of benzene rings is 2. The topological polar surface area (TPSA) is 18.5 Å². The van der Waals surface area contributed by atoms with Gasteiger partial charge in [-0.05, 0) is 63.0 Å². The molecule has 2 rings (SSSR count). The minimum absolute atomic E-state index is 0.0432. The quantitative estimate of drug-likeness (QED) is 0.386. The molecule has 2 aromatic rings. The van der Waals surface area contributed by atoms with E-state index in [4.69, 9.17) is 7.58 Å². The zero-order valence-corrected chi connectivity index (χ0v) is 26.3. The van der Waals surface area contributed by atoms with E-state index in [9.17, 15) is 0 Å². The summed E-state index contributed by atoms with van der Waals surface area (Å²) < 4.78 is 13.9. The molecule has 0 aliphatic rings. The molecule has 3 heteroatoms. The van der Waals surface area contributed by atoms with Crippen molar-refractivity contribution in [3.63, 3.8) is 0 Å². The van der Waals surface area contributed by atoms with E-state index >= 15 is 0 Å². The van der Waals surface area contributed by atoms with Crippen LogP contribution in [-0.4, -0.2) is 14.8 Å². The van der Waals surface area contributed by atoms with E-state index < -0.39 is 14.8 Å². The molecule has 0 aliphatic carbocycles. The standard InChI is InChI=1S/2C15H24O.C2H4.Al/c2*1-10-8-11(14(2,3)4)13(16)12(9-10)15(5,6)7;1-2;/h2*8-9,16H,1-7H3;1-2H2;/q;;;+2/p-2. The first-order valence-electron chi connectivity index (χ1n) is 13.1. The second-order valence-electron chi connectivity index (χ2n) is 14.3. The molecule has 0 heterocycles. The lowest BCUT2D eigenvalue weighted by Crippen LogP contribution is -2.34. The van der Waals surface area contributed by atoms with Crippen LogP contribution in [0.15, 0.2) is 24.3 Å². The van der Waals surface area contributed by atoms with Crippen molar-refractivity contribution in [2.45, 2.75) is 124 Å². The zero-order valence-electron chi connectivity index (χ0n) is 25.1. The molecular formula is C32H50AlO2. The van der Waals surface area contributed by atoms with Crippen LogP contribution in [-0.2, 0) is 21.7 Å². The van der Waals surface area contributed by atoms with Gasteiger partial charge in [0.2, 0.25) is 0 Å². The molecule has 2 nitrogen and oxygen atoms in total. The third-order valence-electron chi connectivity index (χ3n) is 6.43. The highest BCUT2D eigenvalue weighted by Gasteiger charge is 2.38. The summed E-state index contributed by atoms with van der Waals surface area (Å²) in [7, 11) is 0. The van der Waals surface area contributed by atoms with Crippen molar-refractivity contribution < 1.29 is 7.58 Å². The fourth-order valence-corrected chi connectivity index (χ4v) is 5.75. The summed E-state index contributed by atoms with van der Waals surface area (Å²) in [5, 5.41) is 0.641. The minimum Gasteiger partial charge on any atom is -0.611 e. The smallest absolute Gasteiger partial charge is 0.611 e. The average molecular weight is 494 g/mol. The predicted molar refractivity (Wildman–Crippen MR) is 154 cm³/mol. The molecular weight excluding hydrogens is 443 g/mol. The van der Waals surface area contributed by atoms with Crippen LogP contribution in [0.5, 0.6) is 11.5 Å². The van der Waals surface area contributed by atoms with Crippen molar-refractivity contribution in [2.24, 2.45) is 0 Å². The fourth-order valence-electron chi connectivity index (χ4n) is 4.43. The van der Waals surface area contributed by atoms with Crippen LogP contribution in [0.25, 0.3) is 0 Å². The summed E-state index contributed by atoms with van der Waals surface area (Å²) in [4.78, 5) is 0. The Kier molecular flexibility index (Phi) is 8.64. The molecule has 0 aromatic heterocycles. The maximum absolute atomic E-state index is 6.96. The molecule has 2 aromatic carbocycles. The summed E-state index contributed by atoms with van der Waals surface area (Å²) in [6.07, 6.45) is 0. The zero-order chi connectivity index (χ0) is 27.1. The number of aryl methyl sites for hydroxylation is 2. The molecule has 0 N–H and O–H groups in total. The highest BCUT2D eigenvalue weighted by atomic mass is 27.2. The first kappa shape index (κ1) is 29.8. The molecule has 193 valence electrons. The maximum atomic E-state index is 6.96. The summed E-state index contributed by atoms with van der Waals surface area (Å²) in [5.41, 5.74) is 7.34. The summed E-state index contributed by atoms with van der Waals surface area (Å²) in [5.74, 6) is 2.00. The molecule has 0 saturated carbocycles. The number of hydrogen-bond donors (Lipinski definition) is 0. The van der Waals surface area contributed by atoms with E-state index in [-0.39, 0.29) is 21.7 Å². The molecule has 0 bridgehead atoms. The molecule has 1 radical (unpaired) electrons. The Bertz CT molecular complexity index is 884. The van der Waals surface area contributed by atoms with Gasteiger partial charge in [-0.1, -0.05) is 125 Å². The van der Waals surface area contributed by atoms with E-state index in [0.29, 0.717) is 5.28 Å². The highest BCUT2D eigenvalue weighted by molar-refractivity contribution is 6.46. The largest absolute Gasteiger partial charge is 0.856 e. The van der Waals surface area contributed by atoms with Gasteiger partial charge in [0.25, 0.3) is 0 Å². The van der Waals surface area contributed by atoms with Gasteiger partial charge in [-0.3, -0.25) is 0 Å². The van der Waals surface area contributed by atoms with Gasteiger partial charge in [-0.25, -0.2) is 0 Å². The number of rotatable bonds is 5. The molecule has 0 amide bonds. The van der Waals surface area contributed by atoms with Crippen molar-refractivity contribution in [3.05, 3.63) is 64.6 Å². The van der Waals surface area contributed by atoms with Gasteiger partial charge in [0.1, 0.15) is 0 Å². The monoisotopic (exact) mass is 493 g/mol. The second kappa shape index (κ2) is 10.1. The summed E-state index contributed by atoms with van der Waals surface area (Å²) >= 11 is -2.21. The molecule has 0 saturated heterocycles. The van der Waals surface area contributed by atoms with Crippen molar-refractivity contribution >= 4 is 14.8 Å². The molecule has 0 fully saturated rings. The van der Waals surface area contributed by atoms with Crippen molar-refractivity contribution in [1.29, 1.82) is 0 Å². The van der Waals surface area contributed by atoms with Gasteiger partial charge in [0.05, 0.1) is 11.5 Å². The van der Waals surface area contributed by atoms with Crippen molar-refractivity contribution in [3.8, 4) is 11.5 Å². The molecule has 0 spiro atoms. The Morgan fingerprint density at radius 3 is 0.943 bits per heavy atom. The van der Waals surface area contributed by atoms with E-state index in [2.05, 4.69) is 128 Å². The van der Waals surface area contributed by atoms with Crippen LogP contribution in [0.1, 0.15) is 116 Å². The summed E-state index contributed by atoms with van der Waals surface area (Å²) in [6.45, 7) is 35.8. The average Bonchev–Trinajstić information content (AvgIpc) is 2.65. The Labute approximate surface area is 221 Å². The first-order valence-corrected chi connectivity index (χ1v) is 14.9. The third-order valence-corrected chi connectivity index (χ3v) is 7.90. The van der Waals surface area contributed by atoms with E-state index in [1.807, 2.05) is 0 Å². The second-order valence-corrected chi connectivity index (χ2v) is 16.2. The van der Waals surface area contributed by atoms with Crippen LogP contribution in [0.3, 0.4) is 0 Å². The van der Waals surface area contributed by atoms with Gasteiger partial charge in [-0.15, -0.1) is 0 Å². The van der Waals surface area contributed by atoms with Crippen LogP contribution in [0.2, 0.25) is 5.28 Å². The van der Waals surface area contributed by atoms with E-state index in [0.717, 1.165) is 11.5 Å². The fraction of sp³-hybridized carbons (Fsp3) is 0.594. The SMILES string of the molecule is [CH2][CH2][Al]([O]c1c(C(C)(C)C)cc(C)cc1C(C)(C)C)[O]c1c(C(C)(C)C)cc(C)cc1C(C)(C)C. The number of hydrogen-bond acceptors (Lipinski definition) is 2. The van der Waals surface area contributed by atoms with Crippen molar-refractivity contribution in [2.75, 3.05) is 0 Å². The molecule has 0 unspecified atom stereocenters. The highest BCUT2D eigenvalue weighted by Crippen LogP contribution is 2.43. The van der Waals surface area contributed by atoms with Crippen molar-refractivity contribution in [1.82, 2.24) is 0 Å². The lowest BCUT2D eigenvalue weighted by atomic mass is 9.78. The van der Waals surface area contributed by atoms with Gasteiger partial charge in [0.15, 0.2) is 0 Å². The maximum Gasteiger partial charge on any atom is 0.856 e. The molecule has 0 aliphatic heterocycles. The van der Waals surface area contributed by atoms with Crippen LogP contribution in [0, 0.1) is 20.8 Å². The Morgan fingerprint density at radius 1 is 0.543 bits per heavy atom. The Hall–Kier alpha value is -1.43. The van der Waals surface area contributed by atoms with E-state index in [1.54, 1.807) is 0 Å². The van der Waals surface area contributed by atoms with Gasteiger partial charge < -0.3 is 7.58 Å². The van der Waals surface area contributed by atoms with Crippen LogP contribution >= 0.6 is 0 Å². The van der Waals surface area contributed by atoms with Gasteiger partial charge in [-0.2, -0.15) is 0 Å². The Balaban J connectivity index is 2.72. The minimum atomic E-state index is -2.21. The van der Waals surface area contributed by atoms with Crippen LogP contribution < -0.4 is 7.58 Å². The van der Waals surface area contributed by atoms with Gasteiger partial charge >= 0.3 is 14.8 Å². The lowest BCUT2D eigenvalue weighted by molar-refractivity contribution is 0.389. The normalized spacial score (nSPS) is 13.1. The third kappa shape index (κ3) is 7.30. The van der Waals surface area contributed by atoms with Gasteiger partial charge in [0, 0.05) is 0 Å². The molecule has 0 atom stereocenters. The van der Waals surface area contributed by atoms with Crippen LogP contribution in [0.4, 0.5) is 0 Å². The lowest BCUT2D eigenvalue weighted by Gasteiger charge is -2.34. The first-order chi connectivity index (χ1) is 15.7. The Morgan fingerprint density at radius 2 is 0.771 bits per heavy atom. The summed E-state index contributed by atoms with van der Waals surface area (Å²) in [6, 6.07) is 9.14.